The molecule has 1 aliphatic heterocycles. The Morgan fingerprint density at radius 1 is 1.03 bits per heavy atom. The van der Waals surface area contributed by atoms with Crippen molar-refractivity contribution in [2.24, 2.45) is 5.73 Å². The maximum absolute atomic E-state index is 14.0. The van der Waals surface area contributed by atoms with Crippen molar-refractivity contribution in [2.75, 3.05) is 18.0 Å². The van der Waals surface area contributed by atoms with Crippen LogP contribution in [0.2, 0.25) is 0 Å². The SMILES string of the molecule is NC1CN(c2cncc(-c3ccc4[nH]nc(-c5cc6c(-c7cc(O)cc(F)c7)ccnc6[nH]5)c4n3)n2)C1. The van der Waals surface area contributed by atoms with Crippen LogP contribution in [-0.4, -0.2) is 59.4 Å². The molecule has 0 amide bonds. The Hall–Kier alpha value is -4.90. The Morgan fingerprint density at radius 2 is 1.92 bits per heavy atom. The molecule has 6 aromatic rings. The van der Waals surface area contributed by atoms with Gasteiger partial charge in [0.15, 0.2) is 0 Å². The minimum atomic E-state index is -0.519. The van der Waals surface area contributed by atoms with Gasteiger partial charge < -0.3 is 20.7 Å². The smallest absolute Gasteiger partial charge is 0.147 e. The maximum atomic E-state index is 14.0. The second kappa shape index (κ2) is 8.07. The number of hydrogen-bond donors (Lipinski definition) is 4. The molecule has 0 radical (unpaired) electrons. The lowest BCUT2D eigenvalue weighted by Crippen LogP contribution is -2.56. The molecule has 1 saturated heterocycles. The van der Waals surface area contributed by atoms with Gasteiger partial charge in [0, 0.05) is 36.8 Å². The van der Waals surface area contributed by atoms with Crippen molar-refractivity contribution < 1.29 is 9.50 Å². The van der Waals surface area contributed by atoms with Gasteiger partial charge in [0.25, 0.3) is 0 Å². The normalized spacial score (nSPS) is 13.9. The molecule has 5 aromatic heterocycles. The standard InChI is InChI=1S/C26H20FN9O/c27-14-5-13(6-16(37)7-14)17-3-4-30-26-18(17)8-21(33-26)25-24-20(34-35-25)2-1-19(32-24)22-9-29-10-23(31-22)36-11-15(28)12-36/h1-10,15,37H,11-12,28H2,(H,30,33)(H,34,35). The fraction of sp³-hybridized carbons (Fsp3) is 0.115. The van der Waals surface area contributed by atoms with Gasteiger partial charge in [-0.2, -0.15) is 5.10 Å². The third kappa shape index (κ3) is 3.64. The Labute approximate surface area is 209 Å². The van der Waals surface area contributed by atoms with Crippen molar-refractivity contribution in [3.05, 3.63) is 66.9 Å². The number of benzene rings is 1. The van der Waals surface area contributed by atoms with Gasteiger partial charge in [0.1, 0.15) is 39.9 Å². The number of nitrogens with two attached hydrogens (primary N) is 1. The molecule has 1 aromatic carbocycles. The first kappa shape index (κ1) is 21.4. The molecule has 0 atom stereocenters. The highest BCUT2D eigenvalue weighted by molar-refractivity contribution is 5.99. The van der Waals surface area contributed by atoms with Crippen LogP contribution in [0, 0.1) is 5.82 Å². The van der Waals surface area contributed by atoms with Gasteiger partial charge in [-0.05, 0) is 47.5 Å². The van der Waals surface area contributed by atoms with Crippen molar-refractivity contribution in [3.8, 4) is 39.7 Å². The van der Waals surface area contributed by atoms with Crippen LogP contribution in [0.25, 0.3) is 56.0 Å². The molecule has 37 heavy (non-hydrogen) atoms. The predicted molar refractivity (Wildman–Crippen MR) is 137 cm³/mol. The minimum Gasteiger partial charge on any atom is -0.508 e. The number of hydrogen-bond acceptors (Lipinski definition) is 8. The van der Waals surface area contributed by atoms with E-state index in [-0.39, 0.29) is 11.8 Å². The van der Waals surface area contributed by atoms with Gasteiger partial charge in [-0.3, -0.25) is 10.1 Å². The molecule has 5 N–H and O–H groups in total. The first-order chi connectivity index (χ1) is 18.0. The summed E-state index contributed by atoms with van der Waals surface area (Å²) in [6, 6.07) is 11.6. The Morgan fingerprint density at radius 3 is 2.76 bits per heavy atom. The van der Waals surface area contributed by atoms with E-state index in [1.54, 1.807) is 24.7 Å². The molecule has 1 fully saturated rings. The lowest BCUT2D eigenvalue weighted by molar-refractivity contribution is 0.469. The number of anilines is 1. The molecule has 0 bridgehead atoms. The fourth-order valence-corrected chi connectivity index (χ4v) is 4.70. The highest BCUT2D eigenvalue weighted by atomic mass is 19.1. The number of aromatic hydroxyl groups is 1. The number of aromatic amines is 2. The van der Waals surface area contributed by atoms with Crippen molar-refractivity contribution in [1.29, 1.82) is 0 Å². The molecule has 10 nitrogen and oxygen atoms in total. The number of nitrogens with one attached hydrogen (secondary N) is 2. The fourth-order valence-electron chi connectivity index (χ4n) is 4.70. The summed E-state index contributed by atoms with van der Waals surface area (Å²) < 4.78 is 14.0. The number of phenolic OH excluding ortho intramolecular Hbond substituents is 1. The summed E-state index contributed by atoms with van der Waals surface area (Å²) in [6.45, 7) is 1.50. The quantitative estimate of drug-likeness (QED) is 0.291. The average molecular weight is 494 g/mol. The largest absolute Gasteiger partial charge is 0.508 e. The number of fused-ring (bicyclic) bond motifs is 2. The maximum Gasteiger partial charge on any atom is 0.147 e. The monoisotopic (exact) mass is 493 g/mol. The van der Waals surface area contributed by atoms with Gasteiger partial charge in [-0.25, -0.2) is 19.3 Å². The van der Waals surface area contributed by atoms with E-state index in [0.29, 0.717) is 39.5 Å². The number of phenols is 1. The van der Waals surface area contributed by atoms with Crippen molar-refractivity contribution in [2.45, 2.75) is 6.04 Å². The summed E-state index contributed by atoms with van der Waals surface area (Å²) in [5.74, 6) is 0.107. The number of rotatable bonds is 4. The van der Waals surface area contributed by atoms with Crippen molar-refractivity contribution >= 4 is 27.9 Å². The van der Waals surface area contributed by atoms with Gasteiger partial charge in [-0.15, -0.1) is 0 Å². The van der Waals surface area contributed by atoms with Crippen LogP contribution in [0.5, 0.6) is 5.75 Å². The topological polar surface area (TPSA) is 146 Å². The molecular weight excluding hydrogens is 473 g/mol. The lowest BCUT2D eigenvalue weighted by Gasteiger charge is -2.37. The molecule has 0 unspecified atom stereocenters. The summed E-state index contributed by atoms with van der Waals surface area (Å²) in [7, 11) is 0. The molecule has 0 saturated carbocycles. The number of aromatic nitrogens is 7. The second-order valence-electron chi connectivity index (χ2n) is 9.09. The van der Waals surface area contributed by atoms with Crippen LogP contribution in [0.4, 0.5) is 10.2 Å². The van der Waals surface area contributed by atoms with Crippen molar-refractivity contribution in [3.63, 3.8) is 0 Å². The lowest BCUT2D eigenvalue weighted by atomic mass is 10.0. The van der Waals surface area contributed by atoms with E-state index >= 15 is 0 Å². The van der Waals surface area contributed by atoms with Crippen molar-refractivity contribution in [1.82, 2.24) is 35.1 Å². The van der Waals surface area contributed by atoms with Crippen LogP contribution in [-0.2, 0) is 0 Å². The highest BCUT2D eigenvalue weighted by Gasteiger charge is 2.25. The minimum absolute atomic E-state index is 0.144. The Balaban J connectivity index is 1.31. The first-order valence-corrected chi connectivity index (χ1v) is 11.7. The molecular formula is C26H20FN9O. The molecule has 11 heteroatoms. The van der Waals surface area contributed by atoms with E-state index < -0.39 is 5.82 Å². The van der Waals surface area contributed by atoms with Crippen LogP contribution in [0.1, 0.15) is 0 Å². The zero-order valence-electron chi connectivity index (χ0n) is 19.4. The number of H-pyrrole nitrogens is 2. The highest BCUT2D eigenvalue weighted by Crippen LogP contribution is 2.34. The van der Waals surface area contributed by atoms with E-state index in [2.05, 4.69) is 30.0 Å². The van der Waals surface area contributed by atoms with Gasteiger partial charge in [-0.1, -0.05) is 0 Å². The zero-order valence-corrected chi connectivity index (χ0v) is 19.4. The molecule has 0 aliphatic carbocycles. The van der Waals surface area contributed by atoms with Crippen LogP contribution < -0.4 is 10.6 Å². The number of nitrogens with zero attached hydrogens (tertiary/aromatic N) is 6. The van der Waals surface area contributed by atoms with Gasteiger partial charge in [0.05, 0.1) is 29.3 Å². The molecule has 0 spiro atoms. The second-order valence-corrected chi connectivity index (χ2v) is 9.09. The molecule has 6 heterocycles. The summed E-state index contributed by atoms with van der Waals surface area (Å²) in [4.78, 5) is 23.7. The van der Waals surface area contributed by atoms with Gasteiger partial charge >= 0.3 is 0 Å². The van der Waals surface area contributed by atoms with E-state index in [1.165, 1.54) is 12.1 Å². The Kier molecular flexibility index (Phi) is 4.66. The molecule has 1 aliphatic rings. The summed E-state index contributed by atoms with van der Waals surface area (Å²) in [6.07, 6.45) is 5.05. The van der Waals surface area contributed by atoms with E-state index in [1.807, 2.05) is 18.2 Å². The first-order valence-electron chi connectivity index (χ1n) is 11.7. The molecule has 182 valence electrons. The zero-order chi connectivity index (χ0) is 25.1. The third-order valence-electron chi connectivity index (χ3n) is 6.51. The Bertz CT molecular complexity index is 1790. The number of halogens is 1. The van der Waals surface area contributed by atoms with Crippen LogP contribution in [0.3, 0.4) is 0 Å². The van der Waals surface area contributed by atoms with E-state index in [0.717, 1.165) is 41.4 Å². The summed E-state index contributed by atoms with van der Waals surface area (Å²) in [5, 5.41) is 18.2. The average Bonchev–Trinajstić information content (AvgIpc) is 3.49. The predicted octanol–water partition coefficient (Wildman–Crippen LogP) is 3.62. The summed E-state index contributed by atoms with van der Waals surface area (Å²) >= 11 is 0. The summed E-state index contributed by atoms with van der Waals surface area (Å²) in [5.41, 5.74) is 11.8. The van der Waals surface area contributed by atoms with Gasteiger partial charge in [0.2, 0.25) is 0 Å². The van der Waals surface area contributed by atoms with Crippen LogP contribution in [0.15, 0.2) is 61.1 Å². The van der Waals surface area contributed by atoms with E-state index in [9.17, 15) is 9.50 Å². The van der Waals surface area contributed by atoms with E-state index in [4.69, 9.17) is 15.7 Å². The molecule has 7 rings (SSSR count). The third-order valence-corrected chi connectivity index (χ3v) is 6.51. The van der Waals surface area contributed by atoms with Crippen LogP contribution >= 0.6 is 0 Å². The number of pyridine rings is 2.